The average molecular weight is 605 g/mol. The Morgan fingerprint density at radius 2 is 1.73 bits per heavy atom. The smallest absolute Gasteiger partial charge is 0.272 e. The summed E-state index contributed by atoms with van der Waals surface area (Å²) in [5.41, 5.74) is 2.33. The lowest BCUT2D eigenvalue weighted by atomic mass is 9.97. The van der Waals surface area contributed by atoms with Crippen molar-refractivity contribution in [3.63, 3.8) is 0 Å². The number of carbonyl (C=O) groups is 1. The minimum atomic E-state index is -3.17. The van der Waals surface area contributed by atoms with Crippen LogP contribution in [0.1, 0.15) is 66.2 Å². The molecule has 41 heavy (non-hydrogen) atoms. The lowest BCUT2D eigenvalue weighted by Gasteiger charge is -2.43. The number of nitrogens with one attached hydrogen (secondary N) is 1. The van der Waals surface area contributed by atoms with Crippen molar-refractivity contribution in [3.8, 4) is 0 Å². The molecule has 0 saturated carbocycles. The molecule has 4 heterocycles. The maximum Gasteiger partial charge on any atom is 0.272 e. The fraction of sp³-hybridized carbons (Fsp3) is 0.621. The van der Waals surface area contributed by atoms with Gasteiger partial charge in [0.1, 0.15) is 17.8 Å². The van der Waals surface area contributed by atoms with E-state index < -0.39 is 10.0 Å². The van der Waals surface area contributed by atoms with Crippen molar-refractivity contribution < 1.29 is 17.9 Å². The van der Waals surface area contributed by atoms with Crippen LogP contribution in [0.3, 0.4) is 0 Å². The molecule has 1 amide bonds. The molecule has 1 aromatic carbocycles. The molecule has 3 aliphatic rings. The van der Waals surface area contributed by atoms with Crippen molar-refractivity contribution in [2.24, 2.45) is 0 Å². The third-order valence-electron chi connectivity index (χ3n) is 8.94. The summed E-state index contributed by atoms with van der Waals surface area (Å²) in [5, 5.41) is 4.11. The number of piperidine rings is 2. The number of aromatic nitrogens is 2. The lowest BCUT2D eigenvalue weighted by molar-refractivity contribution is 0.0521. The van der Waals surface area contributed by atoms with Gasteiger partial charge in [-0.2, -0.15) is 0 Å². The van der Waals surface area contributed by atoms with Gasteiger partial charge in [-0.25, -0.2) is 22.7 Å². The zero-order valence-corrected chi connectivity index (χ0v) is 25.7. The van der Waals surface area contributed by atoms with Crippen molar-refractivity contribution in [1.82, 2.24) is 24.1 Å². The Morgan fingerprint density at radius 3 is 2.39 bits per heavy atom. The second-order valence-corrected chi connectivity index (χ2v) is 14.0. The molecule has 0 aliphatic carbocycles. The van der Waals surface area contributed by atoms with Crippen LogP contribution in [0.4, 0.5) is 5.82 Å². The van der Waals surface area contributed by atoms with Crippen LogP contribution < -0.4 is 5.32 Å². The quantitative estimate of drug-likeness (QED) is 0.486. The van der Waals surface area contributed by atoms with Crippen molar-refractivity contribution in [1.29, 1.82) is 0 Å². The summed E-state index contributed by atoms with van der Waals surface area (Å²) in [7, 11) is -1.49. The van der Waals surface area contributed by atoms with Gasteiger partial charge in [-0.3, -0.25) is 4.79 Å². The minimum Gasteiger partial charge on any atom is -0.368 e. The molecule has 0 bridgehead atoms. The Hall–Kier alpha value is -2.31. The highest BCUT2D eigenvalue weighted by atomic mass is 35.5. The predicted molar refractivity (Wildman–Crippen MR) is 160 cm³/mol. The van der Waals surface area contributed by atoms with Gasteiger partial charge in [0.25, 0.3) is 5.91 Å². The van der Waals surface area contributed by atoms with Gasteiger partial charge in [0, 0.05) is 49.4 Å². The monoisotopic (exact) mass is 604 g/mol. The number of hydrogen-bond donors (Lipinski definition) is 1. The molecule has 1 N–H and O–H groups in total. The van der Waals surface area contributed by atoms with Crippen LogP contribution in [0.2, 0.25) is 5.02 Å². The van der Waals surface area contributed by atoms with Gasteiger partial charge in [-0.05, 0) is 76.2 Å². The second-order valence-electron chi connectivity index (χ2n) is 11.5. The highest BCUT2D eigenvalue weighted by Crippen LogP contribution is 2.33. The molecule has 3 fully saturated rings. The van der Waals surface area contributed by atoms with Crippen LogP contribution in [-0.2, 0) is 14.8 Å². The highest BCUT2D eigenvalue weighted by Gasteiger charge is 2.33. The lowest BCUT2D eigenvalue weighted by Crippen LogP contribution is -2.52. The summed E-state index contributed by atoms with van der Waals surface area (Å²) in [5.74, 6) is 0.610. The number of rotatable bonds is 8. The number of likely N-dealkylation sites (tertiary alicyclic amines) is 2. The highest BCUT2D eigenvalue weighted by molar-refractivity contribution is 7.88. The number of carbonyl (C=O) groups excluding carboxylic acids is 1. The van der Waals surface area contributed by atoms with E-state index in [0.717, 1.165) is 67.8 Å². The molecule has 2 unspecified atom stereocenters. The third-order valence-corrected chi connectivity index (χ3v) is 10.5. The van der Waals surface area contributed by atoms with E-state index >= 15 is 0 Å². The zero-order chi connectivity index (χ0) is 29.1. The summed E-state index contributed by atoms with van der Waals surface area (Å²) < 4.78 is 31.6. The molecule has 0 spiro atoms. The number of anilines is 1. The Labute approximate surface area is 248 Å². The number of amides is 1. The van der Waals surface area contributed by atoms with Gasteiger partial charge in [-0.1, -0.05) is 23.7 Å². The van der Waals surface area contributed by atoms with E-state index in [0.29, 0.717) is 37.2 Å². The average Bonchev–Trinajstić information content (AvgIpc) is 3.45. The molecule has 5 rings (SSSR count). The number of sulfonamides is 1. The molecule has 224 valence electrons. The maximum absolute atomic E-state index is 13.4. The summed E-state index contributed by atoms with van der Waals surface area (Å²) in [4.78, 5) is 26.6. The summed E-state index contributed by atoms with van der Waals surface area (Å²) >= 11 is 6.02. The molecule has 2 aromatic rings. The Balaban J connectivity index is 1.10. The standard InChI is InChI=1S/C29H41ClN6O4S/c1-20-27(32-19-33-28(20)31-18-25-8-9-26(40-25)21-4-6-22(30)7-5-21)29(37)36-16-12-24(13-17-36)35-14-10-23(11-15-35)34(2)41(3,38)39/h4-7,19,23-26H,8-18H2,1-3H3,(H,31,32,33). The van der Waals surface area contributed by atoms with Crippen LogP contribution in [0.5, 0.6) is 0 Å². The van der Waals surface area contributed by atoms with Crippen LogP contribution in [0, 0.1) is 6.92 Å². The third kappa shape index (κ3) is 7.19. The van der Waals surface area contributed by atoms with E-state index in [9.17, 15) is 13.2 Å². The van der Waals surface area contributed by atoms with Gasteiger partial charge >= 0.3 is 0 Å². The fourth-order valence-electron chi connectivity index (χ4n) is 6.30. The van der Waals surface area contributed by atoms with Gasteiger partial charge in [0.15, 0.2) is 0 Å². The van der Waals surface area contributed by atoms with Crippen LogP contribution in [0.15, 0.2) is 30.6 Å². The topological polar surface area (TPSA) is 108 Å². The first-order chi connectivity index (χ1) is 19.6. The number of benzene rings is 1. The van der Waals surface area contributed by atoms with Crippen molar-refractivity contribution in [3.05, 3.63) is 52.4 Å². The largest absolute Gasteiger partial charge is 0.368 e. The first kappa shape index (κ1) is 30.2. The summed E-state index contributed by atoms with van der Waals surface area (Å²) in [6, 6.07) is 8.29. The SMILES string of the molecule is Cc1c(NCC2CCC(c3ccc(Cl)cc3)O2)ncnc1C(=O)N1CCC(N2CCC(N(C)S(C)(=O)=O)CC2)CC1. The predicted octanol–water partition coefficient (Wildman–Crippen LogP) is 3.73. The molecular weight excluding hydrogens is 564 g/mol. The summed E-state index contributed by atoms with van der Waals surface area (Å²) in [6.07, 6.45) is 8.22. The first-order valence-corrected chi connectivity index (χ1v) is 16.8. The number of nitrogens with zero attached hydrogens (tertiary/aromatic N) is 5. The fourth-order valence-corrected chi connectivity index (χ4v) is 7.18. The van der Waals surface area contributed by atoms with Gasteiger partial charge in [0.05, 0.1) is 18.5 Å². The van der Waals surface area contributed by atoms with Crippen LogP contribution in [-0.4, -0.2) is 103 Å². The Kier molecular flexibility index (Phi) is 9.50. The second kappa shape index (κ2) is 12.9. The first-order valence-electron chi connectivity index (χ1n) is 14.5. The summed E-state index contributed by atoms with van der Waals surface area (Å²) in [6.45, 7) is 5.63. The molecular formula is C29H41ClN6O4S. The maximum atomic E-state index is 13.4. The number of halogens is 1. The van der Waals surface area contributed by atoms with Crippen molar-refractivity contribution in [2.75, 3.05) is 51.3 Å². The molecule has 3 aliphatic heterocycles. The van der Waals surface area contributed by atoms with Gasteiger partial charge in [0.2, 0.25) is 10.0 Å². The number of hydrogen-bond acceptors (Lipinski definition) is 8. The van der Waals surface area contributed by atoms with Gasteiger partial charge < -0.3 is 19.9 Å². The Morgan fingerprint density at radius 1 is 1.05 bits per heavy atom. The molecule has 12 heteroatoms. The Bertz CT molecular complexity index is 1310. The number of ether oxygens (including phenoxy) is 1. The van der Waals surface area contributed by atoms with E-state index in [2.05, 4.69) is 20.2 Å². The normalized spacial score (nSPS) is 23.3. The minimum absolute atomic E-state index is 0.0556. The van der Waals surface area contributed by atoms with E-state index in [1.807, 2.05) is 36.1 Å². The van der Waals surface area contributed by atoms with Crippen molar-refractivity contribution >= 4 is 33.3 Å². The van der Waals surface area contributed by atoms with E-state index in [4.69, 9.17) is 16.3 Å². The van der Waals surface area contributed by atoms with E-state index in [-0.39, 0.29) is 24.2 Å². The van der Waals surface area contributed by atoms with Crippen LogP contribution >= 0.6 is 11.6 Å². The van der Waals surface area contributed by atoms with Crippen LogP contribution in [0.25, 0.3) is 0 Å². The van der Waals surface area contributed by atoms with E-state index in [1.54, 1.807) is 7.05 Å². The molecule has 2 atom stereocenters. The molecule has 0 radical (unpaired) electrons. The van der Waals surface area contributed by atoms with Gasteiger partial charge in [-0.15, -0.1) is 0 Å². The van der Waals surface area contributed by atoms with E-state index in [1.165, 1.54) is 16.9 Å². The molecule has 3 saturated heterocycles. The zero-order valence-electron chi connectivity index (χ0n) is 24.1. The molecule has 10 nitrogen and oxygen atoms in total. The molecule has 1 aromatic heterocycles. The van der Waals surface area contributed by atoms with Crippen molar-refractivity contribution in [2.45, 2.75) is 69.7 Å².